The van der Waals surface area contributed by atoms with Gasteiger partial charge in [-0.2, -0.15) is 11.8 Å². The lowest BCUT2D eigenvalue weighted by molar-refractivity contribution is -0.136. The summed E-state index contributed by atoms with van der Waals surface area (Å²) < 4.78 is 57.9. The number of halogens is 4. The molecule has 57 heavy (non-hydrogen) atoms. The maximum atomic E-state index is 14.6. The van der Waals surface area contributed by atoms with Crippen molar-refractivity contribution < 1.29 is 51.4 Å². The number of hydrogen-bond acceptors (Lipinski definition) is 10. The van der Waals surface area contributed by atoms with Gasteiger partial charge in [-0.15, -0.1) is 0 Å². The fourth-order valence-corrected chi connectivity index (χ4v) is 9.43. The predicted molar refractivity (Wildman–Crippen MR) is 209 cm³/mol. The molecule has 316 valence electrons. The normalized spacial score (nSPS) is 17.4. The number of benzene rings is 1. The van der Waals surface area contributed by atoms with Crippen LogP contribution in [-0.2, 0) is 19.2 Å². The molecule has 2 aliphatic rings. The van der Waals surface area contributed by atoms with Gasteiger partial charge in [-0.25, -0.2) is 22.4 Å². The van der Waals surface area contributed by atoms with Gasteiger partial charge in [0.2, 0.25) is 17.7 Å². The number of carboxylic acids is 1. The van der Waals surface area contributed by atoms with E-state index in [2.05, 4.69) is 41.9 Å². The number of aliphatic carboxylic acids is 1. The number of rotatable bonds is 27. The van der Waals surface area contributed by atoms with E-state index in [1.165, 1.54) is 21.6 Å². The van der Waals surface area contributed by atoms with Gasteiger partial charge in [0.1, 0.15) is 17.3 Å². The Balaban J connectivity index is 1.34. The van der Waals surface area contributed by atoms with Crippen molar-refractivity contribution in [3.8, 4) is 0 Å². The molecule has 6 amide bonds. The molecule has 0 aliphatic carbocycles. The summed E-state index contributed by atoms with van der Waals surface area (Å²) in [4.78, 5) is 74.6. The van der Waals surface area contributed by atoms with Gasteiger partial charge in [-0.05, 0) is 50.5 Å². The molecule has 0 unspecified atom stereocenters. The molecule has 0 radical (unpaired) electrons. The SMILES string of the molecule is [N-]=[N+]=Nc1c(F)c(F)c(C(=O)N[C@@H](CCCCNC(=O)CCCCCNC(=O)CCCC[C@@H]2SC[C@@H]3NC(=O)N[C@@H]32)C(=O)NCCSSCCC(=O)O)c(F)c1F. The van der Waals surface area contributed by atoms with E-state index >= 15 is 0 Å². The summed E-state index contributed by atoms with van der Waals surface area (Å²) in [7, 11) is 2.55. The topological polar surface area (TPSA) is 244 Å². The molecule has 2 aliphatic heterocycles. The van der Waals surface area contributed by atoms with Crippen LogP contribution in [0.25, 0.3) is 10.4 Å². The number of thioether (sulfide) groups is 1. The second-order valence-electron chi connectivity index (χ2n) is 13.1. The minimum Gasteiger partial charge on any atom is -0.481 e. The van der Waals surface area contributed by atoms with Crippen molar-refractivity contribution in [1.29, 1.82) is 0 Å². The van der Waals surface area contributed by atoms with Crippen molar-refractivity contribution in [3.63, 3.8) is 0 Å². The van der Waals surface area contributed by atoms with Crippen molar-refractivity contribution in [3.05, 3.63) is 39.3 Å². The van der Waals surface area contributed by atoms with E-state index in [1.54, 1.807) is 0 Å². The maximum Gasteiger partial charge on any atom is 0.315 e. The summed E-state index contributed by atoms with van der Waals surface area (Å²) in [6, 6.07) is -1.18. The number of carboxylic acid groups (broad SMARTS) is 1. The third-order valence-corrected chi connectivity index (χ3v) is 12.8. The highest BCUT2D eigenvalue weighted by Crippen LogP contribution is 2.33. The van der Waals surface area contributed by atoms with E-state index in [9.17, 15) is 46.3 Å². The zero-order valence-electron chi connectivity index (χ0n) is 31.0. The first-order valence-corrected chi connectivity index (χ1v) is 22.1. The summed E-state index contributed by atoms with van der Waals surface area (Å²) in [5.74, 6) is -10.4. The fourth-order valence-electron chi connectivity index (χ4n) is 6.00. The minimum atomic E-state index is -2.12. The number of unbranched alkanes of at least 4 members (excludes halogenated alkanes) is 4. The summed E-state index contributed by atoms with van der Waals surface area (Å²) in [5.41, 5.74) is 5.20. The Labute approximate surface area is 338 Å². The van der Waals surface area contributed by atoms with Crippen molar-refractivity contribution in [2.45, 2.75) is 100 Å². The summed E-state index contributed by atoms with van der Waals surface area (Å²) in [5, 5.41) is 27.8. The second kappa shape index (κ2) is 25.3. The third kappa shape index (κ3) is 16.0. The van der Waals surface area contributed by atoms with E-state index in [1.807, 2.05) is 11.8 Å². The monoisotopic (exact) mass is 865 g/mol. The molecule has 0 bridgehead atoms. The zero-order chi connectivity index (χ0) is 41.7. The Kier molecular flexibility index (Phi) is 21.0. The summed E-state index contributed by atoms with van der Waals surface area (Å²) >= 11 is 1.85. The molecule has 4 atom stereocenters. The molecule has 3 rings (SSSR count). The molecule has 0 aromatic heterocycles. The van der Waals surface area contributed by atoms with Crippen LogP contribution in [0.1, 0.15) is 87.4 Å². The number of carbonyl (C=O) groups excluding carboxylic acids is 5. The summed E-state index contributed by atoms with van der Waals surface area (Å²) in [6.45, 7) is 0.794. The Morgan fingerprint density at radius 3 is 2.11 bits per heavy atom. The molecule has 0 spiro atoms. The van der Waals surface area contributed by atoms with Gasteiger partial charge in [0, 0.05) is 59.9 Å². The van der Waals surface area contributed by atoms with Gasteiger partial charge in [-0.3, -0.25) is 24.0 Å². The van der Waals surface area contributed by atoms with Gasteiger partial charge >= 0.3 is 12.0 Å². The zero-order valence-corrected chi connectivity index (χ0v) is 33.5. The molecular weight excluding hydrogens is 819 g/mol. The smallest absolute Gasteiger partial charge is 0.315 e. The Morgan fingerprint density at radius 1 is 0.825 bits per heavy atom. The van der Waals surface area contributed by atoms with Gasteiger partial charge in [0.15, 0.2) is 23.3 Å². The molecule has 16 nitrogen and oxygen atoms in total. The number of azide groups is 1. The van der Waals surface area contributed by atoms with Gasteiger partial charge < -0.3 is 37.0 Å². The quantitative estimate of drug-likeness (QED) is 0.00918. The van der Waals surface area contributed by atoms with Crippen LogP contribution in [0.15, 0.2) is 5.11 Å². The van der Waals surface area contributed by atoms with E-state index in [-0.39, 0.29) is 68.7 Å². The number of fused-ring (bicyclic) bond motifs is 1. The average Bonchev–Trinajstić information content (AvgIpc) is 3.73. The van der Waals surface area contributed by atoms with Crippen LogP contribution in [0.5, 0.6) is 0 Å². The molecule has 2 heterocycles. The Bertz CT molecular complexity index is 1620. The summed E-state index contributed by atoms with van der Waals surface area (Å²) in [6.07, 6.45) is 5.74. The number of carbonyl (C=O) groups is 6. The molecule has 2 fully saturated rings. The Morgan fingerprint density at radius 2 is 1.46 bits per heavy atom. The van der Waals surface area contributed by atoms with Crippen molar-refractivity contribution in [2.75, 3.05) is 36.9 Å². The maximum absolute atomic E-state index is 14.6. The Hall–Kier alpha value is -4.08. The lowest BCUT2D eigenvalue weighted by Gasteiger charge is -2.19. The highest BCUT2D eigenvalue weighted by Gasteiger charge is 2.42. The molecule has 0 saturated carbocycles. The molecule has 7 N–H and O–H groups in total. The number of urea groups is 1. The minimum absolute atomic E-state index is 0.0223. The lowest BCUT2D eigenvalue weighted by atomic mass is 10.0. The number of amides is 6. The fraction of sp³-hybridized carbons (Fsp3) is 0.647. The van der Waals surface area contributed by atoms with Crippen molar-refractivity contribution in [2.24, 2.45) is 5.11 Å². The van der Waals surface area contributed by atoms with Gasteiger partial charge in [-0.1, -0.05) is 39.5 Å². The highest BCUT2D eigenvalue weighted by atomic mass is 33.1. The second-order valence-corrected chi connectivity index (χ2v) is 17.1. The first-order valence-electron chi connectivity index (χ1n) is 18.5. The van der Waals surface area contributed by atoms with Crippen molar-refractivity contribution >= 4 is 74.7 Å². The molecule has 1 aromatic rings. The highest BCUT2D eigenvalue weighted by molar-refractivity contribution is 8.76. The van der Waals surface area contributed by atoms with Crippen LogP contribution in [0.3, 0.4) is 0 Å². The third-order valence-electron chi connectivity index (χ3n) is 8.93. The van der Waals surface area contributed by atoms with Gasteiger partial charge in [0.05, 0.1) is 18.5 Å². The van der Waals surface area contributed by atoms with Crippen molar-refractivity contribution in [1.82, 2.24) is 31.9 Å². The van der Waals surface area contributed by atoms with Crippen LogP contribution >= 0.6 is 33.3 Å². The van der Waals surface area contributed by atoms with Crippen LogP contribution < -0.4 is 31.9 Å². The van der Waals surface area contributed by atoms with Crippen LogP contribution in [-0.4, -0.2) is 101 Å². The van der Waals surface area contributed by atoms with E-state index < -0.39 is 58.3 Å². The molecule has 23 heteroatoms. The first-order chi connectivity index (χ1) is 27.3. The van der Waals surface area contributed by atoms with E-state index in [0.717, 1.165) is 25.0 Å². The van der Waals surface area contributed by atoms with Crippen LogP contribution in [0, 0.1) is 23.3 Å². The van der Waals surface area contributed by atoms with Crippen LogP contribution in [0.2, 0.25) is 0 Å². The largest absolute Gasteiger partial charge is 0.481 e. The first kappa shape index (κ1) is 47.3. The molecule has 1 aromatic carbocycles. The molecular formula is C34H47F4N9O7S3. The number of hydrogen-bond donors (Lipinski definition) is 7. The molecule has 2 saturated heterocycles. The van der Waals surface area contributed by atoms with Crippen LogP contribution in [0.4, 0.5) is 28.0 Å². The van der Waals surface area contributed by atoms with E-state index in [0.29, 0.717) is 55.4 Å². The number of nitrogens with one attached hydrogen (secondary N) is 6. The lowest BCUT2D eigenvalue weighted by Crippen LogP contribution is -2.47. The predicted octanol–water partition coefficient (Wildman–Crippen LogP) is 4.94. The number of nitrogens with zero attached hydrogens (tertiary/aromatic N) is 3. The standard InChI is InChI=1S/C34H47F4N9O7S3/c35-26-25(27(36)29(38)31(28(26)37)46-47-39)33(53)43-19(32(52)42-15-17-57-56-16-12-24(50)51)8-5-7-14-41-22(48)10-2-1-6-13-40-23(49)11-4-3-9-21-30-20(18-55-21)44-34(54)45-30/h19-21,30H,1-18H2,(H,40,49)(H,41,48)(H,42,52)(H,43,53)(H,50,51)(H2,44,45,54)/t19-,20-,21-,30-/m0/s1. The average molecular weight is 866 g/mol. The van der Waals surface area contributed by atoms with E-state index in [4.69, 9.17) is 10.6 Å². The van der Waals surface area contributed by atoms with Gasteiger partial charge in [0.25, 0.3) is 5.91 Å².